The molecule has 2 N–H and O–H groups in total. The molecule has 0 aliphatic rings. The summed E-state index contributed by atoms with van der Waals surface area (Å²) in [7, 11) is 0. The number of hydrogen-bond donors (Lipinski definition) is 2. The number of carbonyl (C=O) groups excluding carboxylic acids is 1. The van der Waals surface area contributed by atoms with Gasteiger partial charge in [0.2, 0.25) is 5.91 Å². The molecule has 24 heavy (non-hydrogen) atoms. The van der Waals surface area contributed by atoms with Crippen LogP contribution in [0.2, 0.25) is 0 Å². The van der Waals surface area contributed by atoms with E-state index in [1.165, 1.54) is 0 Å². The van der Waals surface area contributed by atoms with Crippen molar-refractivity contribution in [2.75, 3.05) is 18.4 Å². The maximum absolute atomic E-state index is 11.9. The normalized spacial score (nSPS) is 10.9. The van der Waals surface area contributed by atoms with Crippen LogP contribution < -0.4 is 10.6 Å². The predicted molar refractivity (Wildman–Crippen MR) is 94.2 cm³/mol. The van der Waals surface area contributed by atoms with Gasteiger partial charge in [0.25, 0.3) is 0 Å². The summed E-state index contributed by atoms with van der Waals surface area (Å²) in [5.41, 5.74) is 1.97. The molecule has 0 radical (unpaired) electrons. The first kappa shape index (κ1) is 17.9. The SMILES string of the molecule is CCC(CC)C(=O)NCCNc1ccc(-n2nc(C)cc2C)nn1. The molecule has 130 valence electrons. The summed E-state index contributed by atoms with van der Waals surface area (Å²) in [6.07, 6.45) is 1.74. The maximum atomic E-state index is 11.9. The molecule has 1 amide bonds. The third-order valence-electron chi connectivity index (χ3n) is 3.96. The molecule has 0 saturated carbocycles. The minimum atomic E-state index is 0.102. The van der Waals surface area contributed by atoms with Gasteiger partial charge in [0.1, 0.15) is 5.82 Å². The van der Waals surface area contributed by atoms with Crippen LogP contribution in [-0.2, 0) is 4.79 Å². The first-order valence-electron chi connectivity index (χ1n) is 8.44. The molecule has 0 bridgehead atoms. The van der Waals surface area contributed by atoms with Gasteiger partial charge in [-0.05, 0) is 44.9 Å². The van der Waals surface area contributed by atoms with Gasteiger partial charge in [-0.2, -0.15) is 5.10 Å². The highest BCUT2D eigenvalue weighted by atomic mass is 16.1. The molecular weight excluding hydrogens is 304 g/mol. The standard InChI is InChI=1S/C17H26N6O/c1-5-14(6-2)17(24)19-10-9-18-15-7-8-16(21-20-15)23-13(4)11-12(3)22-23/h7-8,11,14H,5-6,9-10H2,1-4H3,(H,18,20)(H,19,24). The number of aromatic nitrogens is 4. The minimum absolute atomic E-state index is 0.102. The number of aryl methyl sites for hydroxylation is 2. The maximum Gasteiger partial charge on any atom is 0.223 e. The Labute approximate surface area is 142 Å². The smallest absolute Gasteiger partial charge is 0.223 e. The quantitative estimate of drug-likeness (QED) is 0.725. The molecule has 2 heterocycles. The van der Waals surface area contributed by atoms with Crippen LogP contribution in [0.15, 0.2) is 18.2 Å². The van der Waals surface area contributed by atoms with E-state index >= 15 is 0 Å². The highest BCUT2D eigenvalue weighted by Crippen LogP contribution is 2.10. The molecule has 0 unspecified atom stereocenters. The van der Waals surface area contributed by atoms with E-state index in [4.69, 9.17) is 0 Å². The van der Waals surface area contributed by atoms with Crippen molar-refractivity contribution in [1.29, 1.82) is 0 Å². The zero-order chi connectivity index (χ0) is 17.5. The molecule has 0 aliphatic carbocycles. The Morgan fingerprint density at radius 1 is 1.17 bits per heavy atom. The molecule has 2 rings (SSSR count). The van der Waals surface area contributed by atoms with E-state index in [-0.39, 0.29) is 11.8 Å². The molecule has 0 atom stereocenters. The summed E-state index contributed by atoms with van der Waals surface area (Å²) in [6, 6.07) is 5.73. The third kappa shape index (κ3) is 4.53. The first-order chi connectivity index (χ1) is 11.5. The number of anilines is 1. The van der Waals surface area contributed by atoms with Gasteiger partial charge < -0.3 is 10.6 Å². The average Bonchev–Trinajstić information content (AvgIpc) is 2.92. The molecule has 0 fully saturated rings. The lowest BCUT2D eigenvalue weighted by Gasteiger charge is -2.13. The molecule has 7 nitrogen and oxygen atoms in total. The zero-order valence-electron chi connectivity index (χ0n) is 14.8. The fourth-order valence-corrected chi connectivity index (χ4v) is 2.57. The van der Waals surface area contributed by atoms with E-state index < -0.39 is 0 Å². The number of nitrogens with zero attached hydrogens (tertiary/aromatic N) is 4. The van der Waals surface area contributed by atoms with Crippen LogP contribution >= 0.6 is 0 Å². The monoisotopic (exact) mass is 330 g/mol. The van der Waals surface area contributed by atoms with E-state index in [1.807, 2.05) is 45.9 Å². The van der Waals surface area contributed by atoms with Crippen molar-refractivity contribution in [3.63, 3.8) is 0 Å². The third-order valence-corrected chi connectivity index (χ3v) is 3.96. The molecule has 0 spiro atoms. The van der Waals surface area contributed by atoms with Gasteiger partial charge in [0.05, 0.1) is 5.69 Å². The summed E-state index contributed by atoms with van der Waals surface area (Å²) in [6.45, 7) is 9.17. The van der Waals surface area contributed by atoms with Gasteiger partial charge in [0, 0.05) is 24.7 Å². The summed E-state index contributed by atoms with van der Waals surface area (Å²) >= 11 is 0. The van der Waals surface area contributed by atoms with Crippen molar-refractivity contribution in [1.82, 2.24) is 25.3 Å². The Balaban J connectivity index is 1.82. The molecule has 0 aliphatic heterocycles. The minimum Gasteiger partial charge on any atom is -0.367 e. The van der Waals surface area contributed by atoms with Crippen LogP contribution in [0, 0.1) is 19.8 Å². The lowest BCUT2D eigenvalue weighted by molar-refractivity contribution is -0.125. The van der Waals surface area contributed by atoms with Crippen molar-refractivity contribution in [2.45, 2.75) is 40.5 Å². The molecule has 2 aromatic rings. The van der Waals surface area contributed by atoms with Gasteiger partial charge in [-0.3, -0.25) is 4.79 Å². The Hall–Kier alpha value is -2.44. The molecule has 2 aromatic heterocycles. The van der Waals surface area contributed by atoms with E-state index in [0.717, 1.165) is 24.2 Å². The lowest BCUT2D eigenvalue weighted by atomic mass is 10.0. The van der Waals surface area contributed by atoms with E-state index in [0.29, 0.717) is 24.7 Å². The summed E-state index contributed by atoms with van der Waals surface area (Å²) in [5.74, 6) is 1.59. The van der Waals surface area contributed by atoms with Gasteiger partial charge in [0.15, 0.2) is 5.82 Å². The molecule has 0 aromatic carbocycles. The topological polar surface area (TPSA) is 84.7 Å². The summed E-state index contributed by atoms with van der Waals surface area (Å²) < 4.78 is 1.77. The zero-order valence-corrected chi connectivity index (χ0v) is 14.8. The Kier molecular flexibility index (Phi) is 6.28. The van der Waals surface area contributed by atoms with Crippen molar-refractivity contribution in [3.8, 4) is 5.82 Å². The van der Waals surface area contributed by atoms with Crippen molar-refractivity contribution in [2.24, 2.45) is 5.92 Å². The van der Waals surface area contributed by atoms with Crippen LogP contribution in [0.1, 0.15) is 38.1 Å². The fourth-order valence-electron chi connectivity index (χ4n) is 2.57. The average molecular weight is 330 g/mol. The van der Waals surface area contributed by atoms with Crippen molar-refractivity contribution >= 4 is 11.7 Å². The van der Waals surface area contributed by atoms with E-state index in [1.54, 1.807) is 4.68 Å². The number of hydrogen-bond acceptors (Lipinski definition) is 5. The van der Waals surface area contributed by atoms with E-state index in [2.05, 4.69) is 25.9 Å². The van der Waals surface area contributed by atoms with Crippen LogP contribution in [0.5, 0.6) is 0 Å². The summed E-state index contributed by atoms with van der Waals surface area (Å²) in [4.78, 5) is 11.9. The molecular formula is C17H26N6O. The highest BCUT2D eigenvalue weighted by Gasteiger charge is 2.12. The number of nitrogens with one attached hydrogen (secondary N) is 2. The largest absolute Gasteiger partial charge is 0.367 e. The van der Waals surface area contributed by atoms with Crippen LogP contribution in [0.4, 0.5) is 5.82 Å². The second kappa shape index (κ2) is 8.42. The van der Waals surface area contributed by atoms with Gasteiger partial charge in [-0.1, -0.05) is 13.8 Å². The van der Waals surface area contributed by atoms with Gasteiger partial charge in [-0.15, -0.1) is 10.2 Å². The van der Waals surface area contributed by atoms with Crippen molar-refractivity contribution < 1.29 is 4.79 Å². The Morgan fingerprint density at radius 2 is 1.92 bits per heavy atom. The second-order valence-corrected chi connectivity index (χ2v) is 5.85. The van der Waals surface area contributed by atoms with Gasteiger partial charge in [-0.25, -0.2) is 4.68 Å². The van der Waals surface area contributed by atoms with Crippen LogP contribution in [0.3, 0.4) is 0 Å². The fraction of sp³-hybridized carbons (Fsp3) is 0.529. The number of carbonyl (C=O) groups is 1. The lowest BCUT2D eigenvalue weighted by Crippen LogP contribution is -2.33. The Bertz CT molecular complexity index is 660. The number of amides is 1. The van der Waals surface area contributed by atoms with Crippen LogP contribution in [0.25, 0.3) is 5.82 Å². The molecule has 7 heteroatoms. The van der Waals surface area contributed by atoms with Gasteiger partial charge >= 0.3 is 0 Å². The van der Waals surface area contributed by atoms with Crippen molar-refractivity contribution in [3.05, 3.63) is 29.6 Å². The predicted octanol–water partition coefficient (Wildman–Crippen LogP) is 2.24. The number of rotatable bonds is 8. The highest BCUT2D eigenvalue weighted by molar-refractivity contribution is 5.78. The Morgan fingerprint density at radius 3 is 2.46 bits per heavy atom. The second-order valence-electron chi connectivity index (χ2n) is 5.85. The van der Waals surface area contributed by atoms with Crippen LogP contribution in [-0.4, -0.2) is 39.0 Å². The first-order valence-corrected chi connectivity index (χ1v) is 8.44. The summed E-state index contributed by atoms with van der Waals surface area (Å²) in [5, 5.41) is 18.8. The molecule has 0 saturated heterocycles. The van der Waals surface area contributed by atoms with E-state index in [9.17, 15) is 4.79 Å².